The van der Waals surface area contributed by atoms with Gasteiger partial charge in [0.15, 0.2) is 0 Å². The van der Waals surface area contributed by atoms with Crippen LogP contribution >= 0.6 is 0 Å². The summed E-state index contributed by atoms with van der Waals surface area (Å²) in [7, 11) is 0. The molecule has 2 heterocycles. The Morgan fingerprint density at radius 1 is 1.55 bits per heavy atom. The van der Waals surface area contributed by atoms with Gasteiger partial charge < -0.3 is 0 Å². The zero-order chi connectivity index (χ0) is 7.68. The summed E-state index contributed by atoms with van der Waals surface area (Å²) in [5.74, 6) is 0. The molecule has 0 bridgehead atoms. The van der Waals surface area contributed by atoms with Gasteiger partial charge in [-0.1, -0.05) is 6.92 Å². The second-order valence-electron chi connectivity index (χ2n) is 2.45. The van der Waals surface area contributed by atoms with Crippen LogP contribution in [0.2, 0.25) is 0 Å². The molecule has 2 aromatic heterocycles. The summed E-state index contributed by atoms with van der Waals surface area (Å²) in [5.41, 5.74) is 2.16. The average Bonchev–Trinajstić information content (AvgIpc) is 2.47. The van der Waals surface area contributed by atoms with Crippen LogP contribution in [0.1, 0.15) is 12.6 Å². The molecule has 0 saturated carbocycles. The molecule has 0 aromatic carbocycles. The lowest BCUT2D eigenvalue weighted by atomic mass is 10.2. The zero-order valence-corrected chi connectivity index (χ0v) is 6.33. The van der Waals surface area contributed by atoms with Gasteiger partial charge in [-0.25, -0.2) is 0 Å². The normalized spacial score (nSPS) is 10.6. The van der Waals surface area contributed by atoms with Gasteiger partial charge in [0, 0.05) is 17.8 Å². The third kappa shape index (κ3) is 0.888. The molecular formula is C8H9N3. The number of H-pyrrole nitrogens is 1. The van der Waals surface area contributed by atoms with Crippen molar-refractivity contribution in [1.29, 1.82) is 0 Å². The fraction of sp³-hybridized carbons (Fsp3) is 0.250. The van der Waals surface area contributed by atoms with Gasteiger partial charge in [0.25, 0.3) is 0 Å². The molecule has 0 saturated heterocycles. The van der Waals surface area contributed by atoms with Crippen LogP contribution in [0, 0.1) is 0 Å². The third-order valence-electron chi connectivity index (χ3n) is 1.78. The van der Waals surface area contributed by atoms with E-state index < -0.39 is 0 Å². The van der Waals surface area contributed by atoms with E-state index >= 15 is 0 Å². The van der Waals surface area contributed by atoms with Gasteiger partial charge in [-0.15, -0.1) is 0 Å². The second-order valence-corrected chi connectivity index (χ2v) is 2.45. The monoisotopic (exact) mass is 147 g/mol. The van der Waals surface area contributed by atoms with E-state index in [0.717, 1.165) is 23.0 Å². The molecule has 3 heteroatoms. The summed E-state index contributed by atoms with van der Waals surface area (Å²) < 4.78 is 0. The van der Waals surface area contributed by atoms with E-state index in [-0.39, 0.29) is 0 Å². The molecule has 56 valence electrons. The molecular weight excluding hydrogens is 138 g/mol. The number of pyridine rings is 1. The number of aryl methyl sites for hydroxylation is 1. The van der Waals surface area contributed by atoms with Crippen molar-refractivity contribution in [1.82, 2.24) is 15.2 Å². The molecule has 11 heavy (non-hydrogen) atoms. The van der Waals surface area contributed by atoms with E-state index in [9.17, 15) is 0 Å². The Bertz CT molecular complexity index is 364. The quantitative estimate of drug-likeness (QED) is 0.664. The molecule has 0 fully saturated rings. The Labute approximate surface area is 64.5 Å². The lowest BCUT2D eigenvalue weighted by molar-refractivity contribution is 0.988. The van der Waals surface area contributed by atoms with Gasteiger partial charge in [0.05, 0.1) is 11.2 Å². The van der Waals surface area contributed by atoms with Crippen LogP contribution in [0.5, 0.6) is 0 Å². The molecule has 0 aliphatic rings. The summed E-state index contributed by atoms with van der Waals surface area (Å²) in [4.78, 5) is 4.03. The van der Waals surface area contributed by atoms with Crippen molar-refractivity contribution in [2.45, 2.75) is 13.3 Å². The number of fused-ring (bicyclic) bond motifs is 1. The van der Waals surface area contributed by atoms with E-state index in [1.165, 1.54) is 0 Å². The number of nitrogens with one attached hydrogen (secondary N) is 1. The predicted molar refractivity (Wildman–Crippen MR) is 43.3 cm³/mol. The van der Waals surface area contributed by atoms with Crippen LogP contribution in [0.15, 0.2) is 18.5 Å². The van der Waals surface area contributed by atoms with Gasteiger partial charge in [0.1, 0.15) is 0 Å². The standard InChI is InChI=1S/C8H9N3/c1-2-7-6-5-9-4-3-8(6)11-10-7/h3-5H,2H2,1H3,(H,10,11). The molecule has 2 aromatic rings. The SMILES string of the molecule is CCc1n[nH]c2ccncc12. The van der Waals surface area contributed by atoms with Crippen molar-refractivity contribution in [3.63, 3.8) is 0 Å². The zero-order valence-electron chi connectivity index (χ0n) is 6.33. The Kier molecular flexibility index (Phi) is 1.35. The van der Waals surface area contributed by atoms with Gasteiger partial charge in [-0.05, 0) is 12.5 Å². The largest absolute Gasteiger partial charge is 0.277 e. The first-order valence-corrected chi connectivity index (χ1v) is 3.68. The maximum Gasteiger partial charge on any atom is 0.0713 e. The van der Waals surface area contributed by atoms with Crippen molar-refractivity contribution in [2.75, 3.05) is 0 Å². The number of nitrogens with zero attached hydrogens (tertiary/aromatic N) is 2. The first-order valence-electron chi connectivity index (χ1n) is 3.68. The van der Waals surface area contributed by atoms with Crippen molar-refractivity contribution in [3.05, 3.63) is 24.2 Å². The van der Waals surface area contributed by atoms with Crippen LogP contribution in [0.25, 0.3) is 10.9 Å². The van der Waals surface area contributed by atoms with E-state index in [1.807, 2.05) is 12.3 Å². The Morgan fingerprint density at radius 3 is 3.27 bits per heavy atom. The number of hydrogen-bond acceptors (Lipinski definition) is 2. The Morgan fingerprint density at radius 2 is 2.45 bits per heavy atom. The van der Waals surface area contributed by atoms with Gasteiger partial charge >= 0.3 is 0 Å². The summed E-state index contributed by atoms with van der Waals surface area (Å²) >= 11 is 0. The molecule has 0 radical (unpaired) electrons. The van der Waals surface area contributed by atoms with Gasteiger partial charge in [-0.3, -0.25) is 10.1 Å². The van der Waals surface area contributed by atoms with Crippen LogP contribution in [0.3, 0.4) is 0 Å². The molecule has 0 amide bonds. The van der Waals surface area contributed by atoms with Gasteiger partial charge in [-0.2, -0.15) is 5.10 Å². The fourth-order valence-electron chi connectivity index (χ4n) is 1.18. The number of hydrogen-bond donors (Lipinski definition) is 1. The first-order chi connectivity index (χ1) is 5.42. The summed E-state index contributed by atoms with van der Waals surface area (Å²) in [6, 6.07) is 1.93. The van der Waals surface area contributed by atoms with Gasteiger partial charge in [0.2, 0.25) is 0 Å². The summed E-state index contributed by atoms with van der Waals surface area (Å²) in [6.07, 6.45) is 4.56. The molecule has 3 nitrogen and oxygen atoms in total. The number of rotatable bonds is 1. The summed E-state index contributed by atoms with van der Waals surface area (Å²) in [5, 5.41) is 8.23. The molecule has 0 aliphatic heterocycles. The molecule has 0 atom stereocenters. The van der Waals surface area contributed by atoms with Crippen LogP contribution in [-0.4, -0.2) is 15.2 Å². The van der Waals surface area contributed by atoms with Crippen molar-refractivity contribution < 1.29 is 0 Å². The van der Waals surface area contributed by atoms with Crippen LogP contribution in [-0.2, 0) is 6.42 Å². The molecule has 2 rings (SSSR count). The van der Waals surface area contributed by atoms with Crippen LogP contribution in [0.4, 0.5) is 0 Å². The van der Waals surface area contributed by atoms with Crippen LogP contribution < -0.4 is 0 Å². The maximum atomic E-state index is 4.15. The van der Waals surface area contributed by atoms with E-state index in [2.05, 4.69) is 22.1 Å². The molecule has 0 spiro atoms. The van der Waals surface area contributed by atoms with Crippen molar-refractivity contribution in [2.24, 2.45) is 0 Å². The number of aromatic nitrogens is 3. The molecule has 0 unspecified atom stereocenters. The highest BCUT2D eigenvalue weighted by Crippen LogP contribution is 2.13. The fourth-order valence-corrected chi connectivity index (χ4v) is 1.18. The topological polar surface area (TPSA) is 41.6 Å². The van der Waals surface area contributed by atoms with E-state index in [4.69, 9.17) is 0 Å². The predicted octanol–water partition coefficient (Wildman–Crippen LogP) is 1.52. The van der Waals surface area contributed by atoms with Crippen molar-refractivity contribution >= 4 is 10.9 Å². The first kappa shape index (κ1) is 6.34. The Balaban J connectivity index is 2.76. The minimum absolute atomic E-state index is 0.950. The smallest absolute Gasteiger partial charge is 0.0713 e. The second kappa shape index (κ2) is 2.34. The van der Waals surface area contributed by atoms with E-state index in [1.54, 1.807) is 6.20 Å². The maximum absolute atomic E-state index is 4.15. The molecule has 0 aliphatic carbocycles. The lowest BCUT2D eigenvalue weighted by Crippen LogP contribution is -1.79. The van der Waals surface area contributed by atoms with E-state index in [0.29, 0.717) is 0 Å². The molecule has 1 N–H and O–H groups in total. The highest BCUT2D eigenvalue weighted by Gasteiger charge is 2.00. The minimum atomic E-state index is 0.950. The Hall–Kier alpha value is -1.38. The summed E-state index contributed by atoms with van der Waals surface area (Å²) in [6.45, 7) is 2.09. The lowest BCUT2D eigenvalue weighted by Gasteiger charge is -1.87. The third-order valence-corrected chi connectivity index (χ3v) is 1.78. The average molecular weight is 147 g/mol. The highest BCUT2D eigenvalue weighted by atomic mass is 15.1. The minimum Gasteiger partial charge on any atom is -0.277 e. The number of aromatic amines is 1. The van der Waals surface area contributed by atoms with Crippen molar-refractivity contribution in [3.8, 4) is 0 Å². The highest BCUT2D eigenvalue weighted by molar-refractivity contribution is 5.79.